The topological polar surface area (TPSA) is 187 Å². The molecule has 1 saturated heterocycles. The number of amides is 3. The second-order valence-electron chi connectivity index (χ2n) is 11.3. The van der Waals surface area contributed by atoms with E-state index in [4.69, 9.17) is 19.9 Å². The van der Waals surface area contributed by atoms with E-state index in [1.807, 2.05) is 45.0 Å². The summed E-state index contributed by atoms with van der Waals surface area (Å²) >= 11 is 0. The molecule has 44 heavy (non-hydrogen) atoms. The first-order valence-corrected chi connectivity index (χ1v) is 14.4. The van der Waals surface area contributed by atoms with Crippen LogP contribution in [0.5, 0.6) is 12.0 Å². The van der Waals surface area contributed by atoms with Gasteiger partial charge in [-0.05, 0) is 31.9 Å². The number of fused-ring (bicyclic) bond motifs is 1. The lowest BCUT2D eigenvalue weighted by Gasteiger charge is -2.35. The number of rotatable bonds is 11. The third-order valence-corrected chi connectivity index (χ3v) is 6.80. The molecule has 15 heteroatoms. The molecule has 4 rings (SSSR count). The molecule has 0 spiro atoms. The summed E-state index contributed by atoms with van der Waals surface area (Å²) in [5.41, 5.74) is 7.74. The molecule has 0 unspecified atom stereocenters. The number of imidazole rings is 1. The van der Waals surface area contributed by atoms with Crippen LogP contribution in [0.2, 0.25) is 0 Å². The molecule has 3 aromatic rings. The molecular weight excluding hydrogens is 572 g/mol. The van der Waals surface area contributed by atoms with Gasteiger partial charge in [-0.15, -0.1) is 0 Å². The lowest BCUT2D eigenvalue weighted by molar-refractivity contribution is -0.135. The van der Waals surface area contributed by atoms with Gasteiger partial charge in [0, 0.05) is 52.7 Å². The van der Waals surface area contributed by atoms with Crippen LogP contribution in [0, 0.1) is 0 Å². The summed E-state index contributed by atoms with van der Waals surface area (Å²) in [4.78, 5) is 53.0. The van der Waals surface area contributed by atoms with Crippen LogP contribution in [0.1, 0.15) is 44.7 Å². The standard InChI is InChI=1S/C29H40N8O7/c1-29(2,3)44-28(41)36-13-11-35(12-14-36)22(39)10-9-21(38)31-17-19-5-7-20(8-6-19)18-37-25-23(32-27(37)40)24(30)33-26(34-25)43-16-15-42-4/h5-8H,9-18H2,1-4H3,(H,31,38)(H,32,40)(H2,30,33,34). The third-order valence-electron chi connectivity index (χ3n) is 6.80. The summed E-state index contributed by atoms with van der Waals surface area (Å²) in [5.74, 6) is -0.264. The molecule has 3 amide bonds. The molecule has 0 saturated carbocycles. The van der Waals surface area contributed by atoms with Gasteiger partial charge in [-0.1, -0.05) is 24.3 Å². The quantitative estimate of drug-likeness (QED) is 0.267. The predicted molar refractivity (Wildman–Crippen MR) is 160 cm³/mol. The van der Waals surface area contributed by atoms with Gasteiger partial charge in [-0.2, -0.15) is 15.0 Å². The van der Waals surface area contributed by atoms with Gasteiger partial charge >= 0.3 is 12.1 Å². The lowest BCUT2D eigenvalue weighted by Crippen LogP contribution is -2.51. The van der Waals surface area contributed by atoms with Crippen molar-refractivity contribution in [1.82, 2.24) is 34.6 Å². The van der Waals surface area contributed by atoms with Crippen LogP contribution >= 0.6 is 0 Å². The molecule has 1 aromatic carbocycles. The molecule has 2 aromatic heterocycles. The molecule has 0 radical (unpaired) electrons. The fourth-order valence-corrected chi connectivity index (χ4v) is 4.49. The number of anilines is 1. The highest BCUT2D eigenvalue weighted by Crippen LogP contribution is 2.26. The Morgan fingerprint density at radius 3 is 2.27 bits per heavy atom. The second-order valence-corrected chi connectivity index (χ2v) is 11.3. The van der Waals surface area contributed by atoms with Gasteiger partial charge in [0.2, 0.25) is 11.8 Å². The Morgan fingerprint density at radius 2 is 1.61 bits per heavy atom. The molecule has 0 aliphatic carbocycles. The molecule has 238 valence electrons. The van der Waals surface area contributed by atoms with Crippen molar-refractivity contribution in [2.24, 2.45) is 0 Å². The van der Waals surface area contributed by atoms with Gasteiger partial charge in [0.1, 0.15) is 12.2 Å². The number of benzene rings is 1. The Bertz CT molecular complexity index is 1460. The average molecular weight is 613 g/mol. The normalized spacial score (nSPS) is 13.6. The van der Waals surface area contributed by atoms with E-state index in [1.165, 1.54) is 4.57 Å². The number of nitrogens with zero attached hydrogens (tertiary/aromatic N) is 6. The van der Waals surface area contributed by atoms with Crippen molar-refractivity contribution >= 4 is 34.9 Å². The monoisotopic (exact) mass is 612 g/mol. The highest BCUT2D eigenvalue weighted by molar-refractivity contribution is 5.84. The maximum atomic E-state index is 12.6. The lowest BCUT2D eigenvalue weighted by atomic mass is 10.1. The minimum atomic E-state index is -0.574. The zero-order valence-electron chi connectivity index (χ0n) is 25.5. The SMILES string of the molecule is COCCOc1nc(N)c2nc(O)n(Cc3ccc(CNC(=O)CCC(=O)N4CCN(C(=O)OC(C)(C)C)CC4)cc3)c2n1. The van der Waals surface area contributed by atoms with Crippen LogP contribution in [-0.4, -0.2) is 104 Å². The molecule has 1 fully saturated rings. The third kappa shape index (κ3) is 8.69. The zero-order valence-corrected chi connectivity index (χ0v) is 25.5. The Balaban J connectivity index is 1.23. The number of carbonyl (C=O) groups excluding carboxylic acids is 3. The first-order chi connectivity index (χ1) is 20.9. The molecule has 4 N–H and O–H groups in total. The van der Waals surface area contributed by atoms with Crippen molar-refractivity contribution < 1.29 is 33.7 Å². The highest BCUT2D eigenvalue weighted by atomic mass is 16.6. The van der Waals surface area contributed by atoms with Crippen LogP contribution in [0.3, 0.4) is 0 Å². The van der Waals surface area contributed by atoms with Crippen LogP contribution < -0.4 is 15.8 Å². The van der Waals surface area contributed by atoms with E-state index in [9.17, 15) is 19.5 Å². The zero-order chi connectivity index (χ0) is 31.9. The first kappa shape index (κ1) is 32.3. The van der Waals surface area contributed by atoms with Crippen LogP contribution in [0.15, 0.2) is 24.3 Å². The van der Waals surface area contributed by atoms with E-state index >= 15 is 0 Å². The van der Waals surface area contributed by atoms with E-state index in [1.54, 1.807) is 16.9 Å². The van der Waals surface area contributed by atoms with Gasteiger partial charge in [0.25, 0.3) is 6.01 Å². The Labute approximate surface area is 255 Å². The largest absolute Gasteiger partial charge is 0.480 e. The van der Waals surface area contributed by atoms with Crippen molar-refractivity contribution in [3.05, 3.63) is 35.4 Å². The molecule has 1 aliphatic rings. The second kappa shape index (κ2) is 14.2. The number of ether oxygens (including phenoxy) is 3. The predicted octanol–water partition coefficient (Wildman–Crippen LogP) is 1.66. The van der Waals surface area contributed by atoms with E-state index < -0.39 is 5.60 Å². The van der Waals surface area contributed by atoms with Crippen molar-refractivity contribution in [2.75, 3.05) is 52.2 Å². The van der Waals surface area contributed by atoms with E-state index in [-0.39, 0.29) is 67.3 Å². The minimum absolute atomic E-state index is 0.0572. The first-order valence-electron chi connectivity index (χ1n) is 14.4. The number of nitrogen functional groups attached to an aromatic ring is 1. The van der Waals surface area contributed by atoms with Gasteiger partial charge in [0.15, 0.2) is 17.0 Å². The molecule has 15 nitrogen and oxygen atoms in total. The molecule has 3 heterocycles. The number of nitrogens with one attached hydrogen (secondary N) is 1. The summed E-state index contributed by atoms with van der Waals surface area (Å²) in [7, 11) is 1.55. The van der Waals surface area contributed by atoms with Crippen molar-refractivity contribution in [2.45, 2.75) is 52.3 Å². The fourth-order valence-electron chi connectivity index (χ4n) is 4.49. The number of piperazine rings is 1. The van der Waals surface area contributed by atoms with Crippen LogP contribution in [0.25, 0.3) is 11.2 Å². The Morgan fingerprint density at radius 1 is 0.955 bits per heavy atom. The number of aromatic nitrogens is 4. The summed E-state index contributed by atoms with van der Waals surface area (Å²) in [6.45, 7) is 8.19. The van der Waals surface area contributed by atoms with Crippen molar-refractivity contribution in [3.8, 4) is 12.0 Å². The van der Waals surface area contributed by atoms with Gasteiger partial charge < -0.3 is 40.2 Å². The summed E-state index contributed by atoms with van der Waals surface area (Å²) in [6.07, 6.45) is -0.228. The fraction of sp³-hybridized carbons (Fsp3) is 0.517. The summed E-state index contributed by atoms with van der Waals surface area (Å²) < 4.78 is 17.3. The average Bonchev–Trinajstić information content (AvgIpc) is 3.30. The van der Waals surface area contributed by atoms with E-state index in [2.05, 4.69) is 20.3 Å². The van der Waals surface area contributed by atoms with Gasteiger partial charge in [-0.25, -0.2) is 4.79 Å². The minimum Gasteiger partial charge on any atom is -0.480 e. The maximum Gasteiger partial charge on any atom is 0.410 e. The van der Waals surface area contributed by atoms with Crippen LogP contribution in [0.4, 0.5) is 10.6 Å². The number of hydrogen-bond donors (Lipinski definition) is 3. The van der Waals surface area contributed by atoms with Gasteiger partial charge in [-0.3, -0.25) is 14.2 Å². The summed E-state index contributed by atoms with van der Waals surface area (Å²) in [5, 5.41) is 13.3. The molecule has 1 aliphatic heterocycles. The van der Waals surface area contributed by atoms with Crippen molar-refractivity contribution in [1.29, 1.82) is 0 Å². The van der Waals surface area contributed by atoms with Crippen molar-refractivity contribution in [3.63, 3.8) is 0 Å². The number of carbonyl (C=O) groups is 3. The van der Waals surface area contributed by atoms with E-state index in [0.717, 1.165) is 11.1 Å². The maximum absolute atomic E-state index is 12.6. The summed E-state index contributed by atoms with van der Waals surface area (Å²) in [6, 6.07) is 7.27. The van der Waals surface area contributed by atoms with E-state index in [0.29, 0.717) is 45.0 Å². The van der Waals surface area contributed by atoms with Crippen LogP contribution in [-0.2, 0) is 32.2 Å². The number of nitrogens with two attached hydrogens (primary N) is 1. The Hall–Kier alpha value is -4.66. The van der Waals surface area contributed by atoms with Gasteiger partial charge in [0.05, 0.1) is 13.2 Å². The number of methoxy groups -OCH3 is 1. The molecular formula is C29H40N8O7. The highest BCUT2D eigenvalue weighted by Gasteiger charge is 2.27. The number of hydrogen-bond acceptors (Lipinski definition) is 11. The smallest absolute Gasteiger partial charge is 0.410 e. The molecule has 0 bridgehead atoms. The Kier molecular flexibility index (Phi) is 10.4. The number of aromatic hydroxyl groups is 1. The molecule has 0 atom stereocenters.